The molecule has 3 aromatic rings. The van der Waals surface area contributed by atoms with Crippen LogP contribution < -0.4 is 0 Å². The molecule has 0 amide bonds. The van der Waals surface area contributed by atoms with E-state index in [1.54, 1.807) is 28.8 Å². The molecule has 5 heteroatoms. The first-order valence-corrected chi connectivity index (χ1v) is 5.43. The lowest BCUT2D eigenvalue weighted by Gasteiger charge is -2.03. The molecule has 0 aromatic carbocycles. The van der Waals surface area contributed by atoms with Crippen LogP contribution in [0, 0.1) is 6.92 Å². The quantitative estimate of drug-likeness (QED) is 0.750. The Labute approximate surface area is 102 Å². The summed E-state index contributed by atoms with van der Waals surface area (Å²) >= 11 is 0. The van der Waals surface area contributed by atoms with E-state index in [1.807, 2.05) is 13.0 Å². The highest BCUT2D eigenvalue weighted by atomic mass is 16.4. The summed E-state index contributed by atoms with van der Waals surface area (Å²) < 4.78 is 7.06. The van der Waals surface area contributed by atoms with Crippen LogP contribution in [0.3, 0.4) is 0 Å². The molecule has 0 unspecified atom stereocenters. The molecule has 0 aliphatic carbocycles. The van der Waals surface area contributed by atoms with E-state index in [2.05, 4.69) is 4.98 Å². The zero-order chi connectivity index (χ0) is 12.7. The van der Waals surface area contributed by atoms with Gasteiger partial charge in [-0.1, -0.05) is 6.07 Å². The van der Waals surface area contributed by atoms with Crippen molar-refractivity contribution in [3.8, 4) is 11.6 Å². The largest absolute Gasteiger partial charge is 0.477 e. The van der Waals surface area contributed by atoms with E-state index >= 15 is 0 Å². The Morgan fingerprint density at radius 1 is 1.33 bits per heavy atom. The minimum atomic E-state index is -0.997. The third-order valence-corrected chi connectivity index (χ3v) is 2.73. The van der Waals surface area contributed by atoms with Crippen LogP contribution in [0.2, 0.25) is 0 Å². The Morgan fingerprint density at radius 2 is 2.17 bits per heavy atom. The Bertz CT molecular complexity index is 740. The second-order valence-electron chi connectivity index (χ2n) is 3.97. The first-order valence-electron chi connectivity index (χ1n) is 5.43. The van der Waals surface area contributed by atoms with Crippen molar-refractivity contribution in [1.82, 2.24) is 9.38 Å². The van der Waals surface area contributed by atoms with Crippen molar-refractivity contribution in [2.75, 3.05) is 0 Å². The maximum atomic E-state index is 11.2. The number of hydrogen-bond donors (Lipinski definition) is 1. The number of nitrogens with zero attached hydrogens (tertiary/aromatic N) is 2. The van der Waals surface area contributed by atoms with Gasteiger partial charge in [0.2, 0.25) is 0 Å². The average molecular weight is 242 g/mol. The van der Waals surface area contributed by atoms with E-state index in [4.69, 9.17) is 4.42 Å². The van der Waals surface area contributed by atoms with E-state index in [1.165, 1.54) is 6.07 Å². The number of furan rings is 1. The van der Waals surface area contributed by atoms with Crippen molar-refractivity contribution in [2.24, 2.45) is 0 Å². The number of rotatable bonds is 2. The zero-order valence-electron chi connectivity index (χ0n) is 9.62. The van der Waals surface area contributed by atoms with Crippen LogP contribution >= 0.6 is 0 Å². The van der Waals surface area contributed by atoms with Crippen LogP contribution in [-0.4, -0.2) is 20.5 Å². The smallest absolute Gasteiger partial charge is 0.352 e. The fourth-order valence-electron chi connectivity index (χ4n) is 1.94. The summed E-state index contributed by atoms with van der Waals surface area (Å²) in [5.41, 5.74) is 0.882. The predicted octanol–water partition coefficient (Wildman–Crippen LogP) is 2.60. The summed E-state index contributed by atoms with van der Waals surface area (Å²) in [5, 5.41) is 9.20. The number of pyridine rings is 1. The molecule has 0 radical (unpaired) electrons. The van der Waals surface area contributed by atoms with E-state index in [0.29, 0.717) is 11.6 Å². The minimum absolute atomic E-state index is 0.161. The molecule has 90 valence electrons. The van der Waals surface area contributed by atoms with Crippen molar-refractivity contribution in [1.29, 1.82) is 0 Å². The van der Waals surface area contributed by atoms with Gasteiger partial charge in [0, 0.05) is 0 Å². The molecule has 0 aliphatic rings. The molecule has 3 heterocycles. The summed E-state index contributed by atoms with van der Waals surface area (Å²) in [4.78, 5) is 15.5. The lowest BCUT2D eigenvalue weighted by Crippen LogP contribution is -2.05. The van der Waals surface area contributed by atoms with Gasteiger partial charge in [0.1, 0.15) is 11.5 Å². The number of fused-ring (bicyclic) bond motifs is 1. The first-order chi connectivity index (χ1) is 8.66. The number of hydrogen-bond acceptors (Lipinski definition) is 3. The molecule has 0 spiro atoms. The molecule has 1 N–H and O–H groups in total. The van der Waals surface area contributed by atoms with Crippen molar-refractivity contribution >= 4 is 11.5 Å². The lowest BCUT2D eigenvalue weighted by molar-refractivity contribution is 0.0689. The van der Waals surface area contributed by atoms with Gasteiger partial charge in [-0.05, 0) is 31.2 Å². The molecule has 0 atom stereocenters. The number of carbonyl (C=O) groups is 1. The molecular formula is C13H10N2O3. The van der Waals surface area contributed by atoms with Crippen molar-refractivity contribution in [2.45, 2.75) is 6.92 Å². The highest BCUT2D eigenvalue weighted by Crippen LogP contribution is 2.23. The molecule has 0 bridgehead atoms. The van der Waals surface area contributed by atoms with Crippen LogP contribution in [0.5, 0.6) is 0 Å². The van der Waals surface area contributed by atoms with Crippen LogP contribution in [-0.2, 0) is 0 Å². The molecule has 0 saturated carbocycles. The van der Waals surface area contributed by atoms with Gasteiger partial charge in [0.05, 0.1) is 11.7 Å². The standard InChI is InChI=1S/C13H10N2O3/c1-8-5-6-11(18-8)12-14-7-9-3-2-4-10(13(16)17)15(9)12/h2-7H,1H3,(H,16,17). The molecule has 0 fully saturated rings. The van der Waals surface area contributed by atoms with Gasteiger partial charge in [-0.25, -0.2) is 9.78 Å². The lowest BCUT2D eigenvalue weighted by atomic mass is 10.3. The zero-order valence-corrected chi connectivity index (χ0v) is 9.62. The van der Waals surface area contributed by atoms with Crippen molar-refractivity contribution in [3.63, 3.8) is 0 Å². The third kappa shape index (κ3) is 1.48. The van der Waals surface area contributed by atoms with E-state index in [9.17, 15) is 9.90 Å². The predicted molar refractivity (Wildman–Crippen MR) is 64.6 cm³/mol. The van der Waals surface area contributed by atoms with Crippen LogP contribution in [0.25, 0.3) is 17.1 Å². The molecule has 3 aromatic heterocycles. The Balaban J connectivity index is 2.34. The van der Waals surface area contributed by atoms with Crippen LogP contribution in [0.4, 0.5) is 0 Å². The topological polar surface area (TPSA) is 67.7 Å². The second-order valence-corrected chi connectivity index (χ2v) is 3.97. The number of aryl methyl sites for hydroxylation is 1. The summed E-state index contributed by atoms with van der Waals surface area (Å²) in [6, 6.07) is 8.63. The van der Waals surface area contributed by atoms with E-state index in [-0.39, 0.29) is 5.69 Å². The molecule has 0 saturated heterocycles. The second kappa shape index (κ2) is 3.73. The average Bonchev–Trinajstić information content (AvgIpc) is 2.94. The molecular weight excluding hydrogens is 232 g/mol. The monoisotopic (exact) mass is 242 g/mol. The summed E-state index contributed by atoms with van der Waals surface area (Å²) in [6.07, 6.45) is 1.62. The van der Waals surface area contributed by atoms with Crippen molar-refractivity contribution in [3.05, 3.63) is 48.0 Å². The van der Waals surface area contributed by atoms with Gasteiger partial charge >= 0.3 is 5.97 Å². The number of carboxylic acids is 1. The summed E-state index contributed by atoms with van der Waals surface area (Å²) in [5.74, 6) is 0.815. The fourth-order valence-corrected chi connectivity index (χ4v) is 1.94. The minimum Gasteiger partial charge on any atom is -0.477 e. The van der Waals surface area contributed by atoms with Gasteiger partial charge in [-0.3, -0.25) is 4.40 Å². The van der Waals surface area contributed by atoms with Crippen LogP contribution in [0.1, 0.15) is 16.2 Å². The molecule has 5 nitrogen and oxygen atoms in total. The summed E-state index contributed by atoms with van der Waals surface area (Å²) in [6.45, 7) is 1.83. The van der Waals surface area contributed by atoms with Gasteiger partial charge in [-0.2, -0.15) is 0 Å². The normalized spacial score (nSPS) is 10.9. The Morgan fingerprint density at radius 3 is 2.83 bits per heavy atom. The van der Waals surface area contributed by atoms with Gasteiger partial charge in [0.15, 0.2) is 11.6 Å². The van der Waals surface area contributed by atoms with Gasteiger partial charge in [0.25, 0.3) is 0 Å². The number of aromatic nitrogens is 2. The fraction of sp³-hybridized carbons (Fsp3) is 0.0769. The maximum Gasteiger partial charge on any atom is 0.352 e. The Hall–Kier alpha value is -2.56. The number of imidazole rings is 1. The van der Waals surface area contributed by atoms with E-state index < -0.39 is 5.97 Å². The van der Waals surface area contributed by atoms with Gasteiger partial charge in [-0.15, -0.1) is 0 Å². The van der Waals surface area contributed by atoms with Gasteiger partial charge < -0.3 is 9.52 Å². The SMILES string of the molecule is Cc1ccc(-c2ncc3cccc(C(=O)O)n23)o1. The number of aromatic carboxylic acids is 1. The summed E-state index contributed by atoms with van der Waals surface area (Å²) in [7, 11) is 0. The van der Waals surface area contributed by atoms with E-state index in [0.717, 1.165) is 11.3 Å². The molecule has 3 rings (SSSR count). The Kier molecular flexibility index (Phi) is 2.19. The first kappa shape index (κ1) is 10.6. The third-order valence-electron chi connectivity index (χ3n) is 2.73. The highest BCUT2D eigenvalue weighted by Gasteiger charge is 2.15. The molecule has 18 heavy (non-hydrogen) atoms. The van der Waals surface area contributed by atoms with Crippen molar-refractivity contribution < 1.29 is 14.3 Å². The number of carboxylic acid groups (broad SMARTS) is 1. The highest BCUT2D eigenvalue weighted by molar-refractivity contribution is 5.87. The maximum absolute atomic E-state index is 11.2. The van der Waals surface area contributed by atoms with Crippen LogP contribution in [0.15, 0.2) is 40.9 Å². The molecule has 0 aliphatic heterocycles.